The first-order valence-corrected chi connectivity index (χ1v) is 7.41. The third-order valence-corrected chi connectivity index (χ3v) is 3.44. The summed E-state index contributed by atoms with van der Waals surface area (Å²) in [6.07, 6.45) is 2.98. The van der Waals surface area contributed by atoms with E-state index >= 15 is 0 Å². The van der Waals surface area contributed by atoms with Crippen LogP contribution in [0.15, 0.2) is 30.5 Å². The number of para-hydroxylation sites is 1. The Morgan fingerprint density at radius 2 is 1.90 bits per heavy atom. The first-order valence-electron chi connectivity index (χ1n) is 7.41. The summed E-state index contributed by atoms with van der Waals surface area (Å²) in [7, 11) is 2.05. The Morgan fingerprint density at radius 3 is 2.62 bits per heavy atom. The lowest BCUT2D eigenvalue weighted by Gasteiger charge is -2.18. The molecular formula is C17H25N3O. The van der Waals surface area contributed by atoms with Gasteiger partial charge in [0.25, 0.3) is 0 Å². The molecule has 0 unspecified atom stereocenters. The molecule has 0 aliphatic heterocycles. The Bertz CT molecular complexity index is 622. The van der Waals surface area contributed by atoms with E-state index in [0.717, 1.165) is 6.42 Å². The molecule has 2 rings (SSSR count). The minimum atomic E-state index is -0.0924. The lowest BCUT2D eigenvalue weighted by molar-refractivity contribution is 0.235. The number of carbonyl (C=O) groups is 1. The van der Waals surface area contributed by atoms with Gasteiger partial charge in [-0.1, -0.05) is 39.0 Å². The van der Waals surface area contributed by atoms with Crippen molar-refractivity contribution in [2.75, 3.05) is 13.1 Å². The number of aromatic nitrogens is 1. The van der Waals surface area contributed by atoms with Gasteiger partial charge in [0.15, 0.2) is 0 Å². The smallest absolute Gasteiger partial charge is 0.314 e. The molecule has 0 atom stereocenters. The Balaban J connectivity index is 1.87. The standard InChI is InChI=1S/C17H25N3O/c1-17(2,3)12-19-16(21)18-10-9-13-11-20(4)15-8-6-5-7-14(13)15/h5-8,11H,9-10,12H2,1-4H3,(H2,18,19,21). The van der Waals surface area contributed by atoms with Crippen molar-refractivity contribution in [1.82, 2.24) is 15.2 Å². The normalized spacial score (nSPS) is 11.6. The van der Waals surface area contributed by atoms with Crippen LogP contribution in [-0.4, -0.2) is 23.7 Å². The van der Waals surface area contributed by atoms with Crippen molar-refractivity contribution in [1.29, 1.82) is 0 Å². The van der Waals surface area contributed by atoms with Gasteiger partial charge in [-0.25, -0.2) is 4.79 Å². The summed E-state index contributed by atoms with van der Waals surface area (Å²) in [6.45, 7) is 7.62. The second-order valence-electron chi connectivity index (χ2n) is 6.70. The third-order valence-electron chi connectivity index (χ3n) is 3.44. The zero-order valence-electron chi connectivity index (χ0n) is 13.4. The molecule has 1 heterocycles. The molecule has 0 saturated heterocycles. The molecule has 0 aliphatic carbocycles. The number of benzene rings is 1. The molecule has 1 aromatic heterocycles. The van der Waals surface area contributed by atoms with E-state index in [0.29, 0.717) is 13.1 Å². The fourth-order valence-corrected chi connectivity index (χ4v) is 2.34. The Labute approximate surface area is 126 Å². The summed E-state index contributed by atoms with van der Waals surface area (Å²) < 4.78 is 2.13. The van der Waals surface area contributed by atoms with Gasteiger partial charge in [0.2, 0.25) is 0 Å². The maximum Gasteiger partial charge on any atom is 0.314 e. The number of nitrogens with one attached hydrogen (secondary N) is 2. The van der Waals surface area contributed by atoms with Crippen molar-refractivity contribution in [2.24, 2.45) is 12.5 Å². The van der Waals surface area contributed by atoms with Crippen LogP contribution in [0.4, 0.5) is 4.79 Å². The lowest BCUT2D eigenvalue weighted by atomic mass is 9.97. The van der Waals surface area contributed by atoms with Gasteiger partial charge in [-0.3, -0.25) is 0 Å². The fourth-order valence-electron chi connectivity index (χ4n) is 2.34. The highest BCUT2D eigenvalue weighted by Gasteiger charge is 2.11. The molecule has 1 aromatic carbocycles. The maximum absolute atomic E-state index is 11.7. The van der Waals surface area contributed by atoms with Crippen LogP contribution in [0.3, 0.4) is 0 Å². The Hall–Kier alpha value is -1.97. The zero-order valence-corrected chi connectivity index (χ0v) is 13.4. The van der Waals surface area contributed by atoms with E-state index in [1.165, 1.54) is 16.5 Å². The van der Waals surface area contributed by atoms with Gasteiger partial charge in [0, 0.05) is 37.2 Å². The van der Waals surface area contributed by atoms with E-state index in [2.05, 4.69) is 67.4 Å². The fraction of sp³-hybridized carbons (Fsp3) is 0.471. The average molecular weight is 287 g/mol. The van der Waals surface area contributed by atoms with Crippen molar-refractivity contribution in [2.45, 2.75) is 27.2 Å². The van der Waals surface area contributed by atoms with E-state index < -0.39 is 0 Å². The maximum atomic E-state index is 11.7. The van der Waals surface area contributed by atoms with E-state index in [1.807, 2.05) is 6.07 Å². The second-order valence-corrected chi connectivity index (χ2v) is 6.70. The number of aryl methyl sites for hydroxylation is 1. The van der Waals surface area contributed by atoms with Crippen LogP contribution in [0.25, 0.3) is 10.9 Å². The van der Waals surface area contributed by atoms with Gasteiger partial charge < -0.3 is 15.2 Å². The highest BCUT2D eigenvalue weighted by molar-refractivity contribution is 5.84. The second kappa shape index (κ2) is 6.20. The number of fused-ring (bicyclic) bond motifs is 1. The van der Waals surface area contributed by atoms with Crippen LogP contribution >= 0.6 is 0 Å². The molecule has 2 N–H and O–H groups in total. The molecule has 2 amide bonds. The summed E-state index contributed by atoms with van der Waals surface area (Å²) in [6, 6.07) is 8.25. The van der Waals surface area contributed by atoms with Crippen LogP contribution in [0.1, 0.15) is 26.3 Å². The van der Waals surface area contributed by atoms with Gasteiger partial charge in [-0.2, -0.15) is 0 Å². The summed E-state index contributed by atoms with van der Waals surface area (Å²) in [4.78, 5) is 11.7. The van der Waals surface area contributed by atoms with Gasteiger partial charge in [0.05, 0.1) is 0 Å². The summed E-state index contributed by atoms with van der Waals surface area (Å²) in [5.74, 6) is 0. The first kappa shape index (κ1) is 15.4. The number of amides is 2. The monoisotopic (exact) mass is 287 g/mol. The number of hydrogen-bond acceptors (Lipinski definition) is 1. The van der Waals surface area contributed by atoms with Crippen molar-refractivity contribution in [3.63, 3.8) is 0 Å². The van der Waals surface area contributed by atoms with Crippen molar-refractivity contribution >= 4 is 16.9 Å². The number of carbonyl (C=O) groups excluding carboxylic acids is 1. The third kappa shape index (κ3) is 4.25. The quantitative estimate of drug-likeness (QED) is 0.892. The molecule has 4 nitrogen and oxygen atoms in total. The van der Waals surface area contributed by atoms with Crippen LogP contribution in [0.5, 0.6) is 0 Å². The predicted octanol–water partition coefficient (Wildman–Crippen LogP) is 3.07. The van der Waals surface area contributed by atoms with E-state index in [-0.39, 0.29) is 11.4 Å². The molecule has 0 saturated carbocycles. The van der Waals surface area contributed by atoms with Gasteiger partial charge in [0.1, 0.15) is 0 Å². The van der Waals surface area contributed by atoms with Crippen LogP contribution in [0.2, 0.25) is 0 Å². The molecule has 2 aromatic rings. The molecule has 0 radical (unpaired) electrons. The van der Waals surface area contributed by atoms with E-state index in [4.69, 9.17) is 0 Å². The first-order chi connectivity index (χ1) is 9.87. The highest BCUT2D eigenvalue weighted by atomic mass is 16.2. The predicted molar refractivity (Wildman–Crippen MR) is 87.5 cm³/mol. The van der Waals surface area contributed by atoms with Crippen molar-refractivity contribution in [3.8, 4) is 0 Å². The lowest BCUT2D eigenvalue weighted by Crippen LogP contribution is -2.40. The van der Waals surface area contributed by atoms with Crippen LogP contribution in [0, 0.1) is 5.41 Å². The molecule has 0 fully saturated rings. The van der Waals surface area contributed by atoms with Crippen LogP contribution in [-0.2, 0) is 13.5 Å². The molecule has 114 valence electrons. The molecule has 0 spiro atoms. The number of urea groups is 1. The number of hydrogen-bond donors (Lipinski definition) is 2. The molecule has 4 heteroatoms. The topological polar surface area (TPSA) is 46.1 Å². The summed E-state index contributed by atoms with van der Waals surface area (Å²) >= 11 is 0. The largest absolute Gasteiger partial charge is 0.350 e. The zero-order chi connectivity index (χ0) is 15.5. The van der Waals surface area contributed by atoms with Gasteiger partial charge in [-0.15, -0.1) is 0 Å². The van der Waals surface area contributed by atoms with Gasteiger partial charge in [-0.05, 0) is 23.5 Å². The SMILES string of the molecule is Cn1cc(CCNC(=O)NCC(C)(C)C)c2ccccc21. The molecular weight excluding hydrogens is 262 g/mol. The van der Waals surface area contributed by atoms with Crippen molar-refractivity contribution in [3.05, 3.63) is 36.0 Å². The Morgan fingerprint density at radius 1 is 1.19 bits per heavy atom. The van der Waals surface area contributed by atoms with Crippen LogP contribution < -0.4 is 10.6 Å². The minimum Gasteiger partial charge on any atom is -0.350 e. The minimum absolute atomic E-state index is 0.0924. The average Bonchev–Trinajstić information content (AvgIpc) is 2.73. The molecule has 0 aliphatic rings. The molecule has 21 heavy (non-hydrogen) atoms. The number of nitrogens with zero attached hydrogens (tertiary/aromatic N) is 1. The van der Waals surface area contributed by atoms with Gasteiger partial charge >= 0.3 is 6.03 Å². The highest BCUT2D eigenvalue weighted by Crippen LogP contribution is 2.20. The summed E-state index contributed by atoms with van der Waals surface area (Å²) in [5, 5.41) is 7.08. The molecule has 0 bridgehead atoms. The number of rotatable bonds is 4. The van der Waals surface area contributed by atoms with E-state index in [9.17, 15) is 4.79 Å². The summed E-state index contributed by atoms with van der Waals surface area (Å²) in [5.41, 5.74) is 2.60. The van der Waals surface area contributed by atoms with Crippen molar-refractivity contribution < 1.29 is 4.79 Å². The Kier molecular flexibility index (Phi) is 4.56. The van der Waals surface area contributed by atoms with E-state index in [1.54, 1.807) is 0 Å².